The molecule has 1 rings (SSSR count). The normalized spacial score (nSPS) is 17.9. The summed E-state index contributed by atoms with van der Waals surface area (Å²) >= 11 is 1.88. The first kappa shape index (κ1) is 14.8. The zero-order chi connectivity index (χ0) is 12.9. The van der Waals surface area contributed by atoms with Crippen LogP contribution in [0.3, 0.4) is 0 Å². The van der Waals surface area contributed by atoms with E-state index in [1.54, 1.807) is 0 Å². The summed E-state index contributed by atoms with van der Waals surface area (Å²) in [5, 5.41) is 3.06. The first-order chi connectivity index (χ1) is 7.93. The minimum absolute atomic E-state index is 0.183. The van der Waals surface area contributed by atoms with Crippen molar-refractivity contribution in [1.29, 1.82) is 0 Å². The third-order valence-electron chi connectivity index (χ3n) is 3.70. The monoisotopic (exact) mass is 258 g/mol. The van der Waals surface area contributed by atoms with Crippen molar-refractivity contribution in [1.82, 2.24) is 5.32 Å². The maximum absolute atomic E-state index is 11.7. The average Bonchev–Trinajstić information content (AvgIpc) is 3.04. The van der Waals surface area contributed by atoms with Crippen LogP contribution in [-0.4, -0.2) is 30.0 Å². The van der Waals surface area contributed by atoms with Crippen LogP contribution in [0.25, 0.3) is 0 Å². The molecule has 0 radical (unpaired) electrons. The summed E-state index contributed by atoms with van der Waals surface area (Å²) in [6.07, 6.45) is 7.14. The molecule has 1 amide bonds. The molecule has 3 N–H and O–H groups in total. The van der Waals surface area contributed by atoms with Crippen LogP contribution in [0.2, 0.25) is 0 Å². The SMILES string of the molecule is CSC1(CNC(=O)CCC(C)(C)CCN)CC1. The number of amides is 1. The molecule has 0 spiro atoms. The Labute approximate surface area is 109 Å². The van der Waals surface area contributed by atoms with Crippen molar-refractivity contribution >= 4 is 17.7 Å². The highest BCUT2D eigenvalue weighted by Gasteiger charge is 2.41. The summed E-state index contributed by atoms with van der Waals surface area (Å²) in [7, 11) is 0. The first-order valence-corrected chi connectivity index (χ1v) is 7.67. The van der Waals surface area contributed by atoms with Gasteiger partial charge in [0.05, 0.1) is 0 Å². The summed E-state index contributed by atoms with van der Waals surface area (Å²) in [6, 6.07) is 0. The lowest BCUT2D eigenvalue weighted by Gasteiger charge is -2.23. The second-order valence-electron chi connectivity index (χ2n) is 5.87. The number of thioether (sulfide) groups is 1. The molecule has 0 saturated heterocycles. The Hall–Kier alpha value is -0.220. The molecule has 100 valence electrons. The third-order valence-corrected chi connectivity index (χ3v) is 5.12. The number of carbonyl (C=O) groups excluding carboxylic acids is 1. The van der Waals surface area contributed by atoms with Gasteiger partial charge in [-0.2, -0.15) is 11.8 Å². The van der Waals surface area contributed by atoms with Crippen molar-refractivity contribution in [2.45, 2.75) is 50.7 Å². The number of rotatable bonds is 8. The fraction of sp³-hybridized carbons (Fsp3) is 0.923. The molecular formula is C13H26N2OS. The standard InChI is InChI=1S/C13H26N2OS/c1-12(2,8-9-14)5-4-11(16)15-10-13(17-3)6-7-13/h4-10,14H2,1-3H3,(H,15,16). The van der Waals surface area contributed by atoms with Gasteiger partial charge in [-0.3, -0.25) is 4.79 Å². The van der Waals surface area contributed by atoms with Gasteiger partial charge >= 0.3 is 0 Å². The van der Waals surface area contributed by atoms with E-state index in [-0.39, 0.29) is 11.3 Å². The molecule has 0 aromatic carbocycles. The Kier molecular flexibility index (Phi) is 5.32. The van der Waals surface area contributed by atoms with E-state index in [0.717, 1.165) is 19.4 Å². The highest BCUT2D eigenvalue weighted by atomic mass is 32.2. The van der Waals surface area contributed by atoms with Crippen molar-refractivity contribution in [3.63, 3.8) is 0 Å². The number of hydrogen-bond donors (Lipinski definition) is 2. The molecule has 0 aromatic heterocycles. The molecule has 3 nitrogen and oxygen atoms in total. The minimum Gasteiger partial charge on any atom is -0.355 e. The minimum atomic E-state index is 0.183. The number of nitrogens with one attached hydrogen (secondary N) is 1. The highest BCUT2D eigenvalue weighted by Crippen LogP contribution is 2.46. The van der Waals surface area contributed by atoms with Crippen LogP contribution in [0.1, 0.15) is 46.0 Å². The zero-order valence-corrected chi connectivity index (χ0v) is 12.2. The van der Waals surface area contributed by atoms with Crippen molar-refractivity contribution in [3.8, 4) is 0 Å². The van der Waals surface area contributed by atoms with Gasteiger partial charge in [-0.25, -0.2) is 0 Å². The van der Waals surface area contributed by atoms with E-state index in [1.165, 1.54) is 12.8 Å². The van der Waals surface area contributed by atoms with Crippen LogP contribution in [0.15, 0.2) is 0 Å². The lowest BCUT2D eigenvalue weighted by molar-refractivity contribution is -0.121. The van der Waals surface area contributed by atoms with Gasteiger partial charge in [-0.15, -0.1) is 0 Å². The summed E-state index contributed by atoms with van der Waals surface area (Å²) in [5.41, 5.74) is 5.74. The van der Waals surface area contributed by atoms with Crippen LogP contribution in [-0.2, 0) is 4.79 Å². The van der Waals surface area contributed by atoms with E-state index in [9.17, 15) is 4.79 Å². The third kappa shape index (κ3) is 5.30. The van der Waals surface area contributed by atoms with Gasteiger partial charge in [0.2, 0.25) is 5.91 Å². The molecule has 4 heteroatoms. The van der Waals surface area contributed by atoms with E-state index in [0.29, 0.717) is 17.7 Å². The van der Waals surface area contributed by atoms with Gasteiger partial charge < -0.3 is 11.1 Å². The van der Waals surface area contributed by atoms with Gasteiger partial charge in [-0.05, 0) is 43.9 Å². The fourth-order valence-corrected chi connectivity index (χ4v) is 2.64. The van der Waals surface area contributed by atoms with Crippen LogP contribution in [0.5, 0.6) is 0 Å². The largest absolute Gasteiger partial charge is 0.355 e. The fourth-order valence-electron chi connectivity index (χ4n) is 1.91. The van der Waals surface area contributed by atoms with Gasteiger partial charge in [0.25, 0.3) is 0 Å². The first-order valence-electron chi connectivity index (χ1n) is 6.45. The van der Waals surface area contributed by atoms with Crippen LogP contribution in [0, 0.1) is 5.41 Å². The molecular weight excluding hydrogens is 232 g/mol. The lowest BCUT2D eigenvalue weighted by atomic mass is 9.84. The predicted octanol–water partition coefficient (Wildman–Crippen LogP) is 2.15. The Morgan fingerprint density at radius 3 is 2.53 bits per heavy atom. The number of carbonyl (C=O) groups is 1. The molecule has 0 heterocycles. The smallest absolute Gasteiger partial charge is 0.220 e. The second-order valence-corrected chi connectivity index (χ2v) is 7.14. The molecule has 0 bridgehead atoms. The molecule has 0 atom stereocenters. The molecule has 1 aliphatic carbocycles. The number of hydrogen-bond acceptors (Lipinski definition) is 3. The molecule has 0 unspecified atom stereocenters. The molecule has 1 saturated carbocycles. The van der Waals surface area contributed by atoms with Crippen molar-refractivity contribution in [2.24, 2.45) is 11.1 Å². The maximum Gasteiger partial charge on any atom is 0.220 e. The average molecular weight is 258 g/mol. The highest BCUT2D eigenvalue weighted by molar-refractivity contribution is 8.00. The topological polar surface area (TPSA) is 55.1 Å². The lowest BCUT2D eigenvalue weighted by Crippen LogP contribution is -2.32. The van der Waals surface area contributed by atoms with E-state index in [1.807, 2.05) is 11.8 Å². The summed E-state index contributed by atoms with van der Waals surface area (Å²) in [4.78, 5) is 11.7. The summed E-state index contributed by atoms with van der Waals surface area (Å²) in [5.74, 6) is 0.190. The molecule has 1 fully saturated rings. The zero-order valence-electron chi connectivity index (χ0n) is 11.3. The van der Waals surface area contributed by atoms with E-state index < -0.39 is 0 Å². The Balaban J connectivity index is 2.17. The van der Waals surface area contributed by atoms with Crippen molar-refractivity contribution in [2.75, 3.05) is 19.3 Å². The van der Waals surface area contributed by atoms with E-state index in [2.05, 4.69) is 25.4 Å². The van der Waals surface area contributed by atoms with Crippen molar-refractivity contribution in [3.05, 3.63) is 0 Å². The Morgan fingerprint density at radius 2 is 2.06 bits per heavy atom. The Morgan fingerprint density at radius 1 is 1.41 bits per heavy atom. The van der Waals surface area contributed by atoms with E-state index >= 15 is 0 Å². The summed E-state index contributed by atoms with van der Waals surface area (Å²) < 4.78 is 0.364. The van der Waals surface area contributed by atoms with Crippen molar-refractivity contribution < 1.29 is 4.79 Å². The van der Waals surface area contributed by atoms with Gasteiger partial charge in [0.15, 0.2) is 0 Å². The van der Waals surface area contributed by atoms with Crippen LogP contribution in [0.4, 0.5) is 0 Å². The van der Waals surface area contributed by atoms with Gasteiger partial charge in [-0.1, -0.05) is 13.8 Å². The molecule has 17 heavy (non-hydrogen) atoms. The molecule has 0 aliphatic heterocycles. The van der Waals surface area contributed by atoms with Crippen LogP contribution >= 0.6 is 11.8 Å². The molecule has 1 aliphatic rings. The maximum atomic E-state index is 11.7. The quantitative estimate of drug-likeness (QED) is 0.701. The predicted molar refractivity (Wildman–Crippen MR) is 75.2 cm³/mol. The number of nitrogens with two attached hydrogens (primary N) is 1. The molecule has 0 aromatic rings. The van der Waals surface area contributed by atoms with Gasteiger partial charge in [0, 0.05) is 17.7 Å². The van der Waals surface area contributed by atoms with Crippen LogP contribution < -0.4 is 11.1 Å². The Bertz CT molecular complexity index is 262. The van der Waals surface area contributed by atoms with Gasteiger partial charge in [0.1, 0.15) is 0 Å². The summed E-state index contributed by atoms with van der Waals surface area (Å²) in [6.45, 7) is 5.89. The van der Waals surface area contributed by atoms with E-state index in [4.69, 9.17) is 5.73 Å². The second kappa shape index (κ2) is 6.10.